The number of nitrogens with zero attached hydrogens (tertiary/aromatic N) is 2. The second-order valence-corrected chi connectivity index (χ2v) is 8.11. The van der Waals surface area contributed by atoms with Crippen LogP contribution in [0, 0.1) is 11.7 Å². The molecule has 0 radical (unpaired) electrons. The summed E-state index contributed by atoms with van der Waals surface area (Å²) in [5.41, 5.74) is 2.67. The third-order valence-corrected chi connectivity index (χ3v) is 6.01. The van der Waals surface area contributed by atoms with Gasteiger partial charge >= 0.3 is 0 Å². The first-order valence-electron chi connectivity index (χ1n) is 10.5. The van der Waals surface area contributed by atoms with E-state index in [-0.39, 0.29) is 29.7 Å². The van der Waals surface area contributed by atoms with Crippen LogP contribution < -0.4 is 0 Å². The van der Waals surface area contributed by atoms with Crippen molar-refractivity contribution >= 4 is 11.8 Å². The van der Waals surface area contributed by atoms with Crippen LogP contribution >= 0.6 is 0 Å². The summed E-state index contributed by atoms with van der Waals surface area (Å²) in [5.74, 6) is -0.621. The molecule has 0 unspecified atom stereocenters. The van der Waals surface area contributed by atoms with Crippen LogP contribution in [0.2, 0.25) is 0 Å². The number of rotatable bonds is 4. The monoisotopic (exact) mass is 410 g/mol. The number of amides is 2. The van der Waals surface area contributed by atoms with E-state index in [1.54, 1.807) is 22.9 Å². The molecule has 0 spiro atoms. The molecular weight excluding hydrogens is 383 g/mol. The summed E-state index contributed by atoms with van der Waals surface area (Å²) in [6, 6.07) is 14.3. The molecule has 2 saturated heterocycles. The topological polar surface area (TPSA) is 49.9 Å². The second-order valence-electron chi connectivity index (χ2n) is 8.11. The number of ether oxygens (including phenoxy) is 1. The Bertz CT molecular complexity index is 926. The maximum atomic E-state index is 13.8. The lowest BCUT2D eigenvalue weighted by Gasteiger charge is -2.26. The average Bonchev–Trinajstić information content (AvgIpc) is 3.25. The fourth-order valence-electron chi connectivity index (χ4n) is 4.36. The molecule has 2 aliphatic heterocycles. The Morgan fingerprint density at radius 3 is 2.77 bits per heavy atom. The highest BCUT2D eigenvalue weighted by atomic mass is 19.1. The molecule has 2 amide bonds. The molecule has 4 rings (SSSR count). The van der Waals surface area contributed by atoms with Gasteiger partial charge in [-0.15, -0.1) is 0 Å². The van der Waals surface area contributed by atoms with Crippen LogP contribution in [0.25, 0.3) is 11.1 Å². The predicted molar refractivity (Wildman–Crippen MR) is 112 cm³/mol. The minimum atomic E-state index is -0.385. The molecule has 0 aliphatic carbocycles. The molecule has 30 heavy (non-hydrogen) atoms. The van der Waals surface area contributed by atoms with Crippen molar-refractivity contribution in [2.24, 2.45) is 5.92 Å². The van der Waals surface area contributed by atoms with E-state index in [1.807, 2.05) is 30.3 Å². The average molecular weight is 410 g/mol. The number of carbonyl (C=O) groups excluding carboxylic acids is 2. The SMILES string of the molecule is CN1CCN(C(=O)[C@H]2CCCO2)C[C@@H](Cc2ccccc2-c2cccc(F)c2)C1=O. The number of carbonyl (C=O) groups is 2. The van der Waals surface area contributed by atoms with Crippen molar-refractivity contribution in [2.75, 3.05) is 33.3 Å². The van der Waals surface area contributed by atoms with Gasteiger partial charge in [-0.1, -0.05) is 36.4 Å². The third kappa shape index (κ3) is 4.38. The number of likely N-dealkylation sites (N-methyl/N-ethyl adjacent to an activating group) is 1. The van der Waals surface area contributed by atoms with Crippen LogP contribution in [0.15, 0.2) is 48.5 Å². The second kappa shape index (κ2) is 8.96. The van der Waals surface area contributed by atoms with Crippen LogP contribution in [0.4, 0.5) is 4.39 Å². The van der Waals surface area contributed by atoms with Crippen molar-refractivity contribution in [3.63, 3.8) is 0 Å². The summed E-state index contributed by atoms with van der Waals surface area (Å²) >= 11 is 0. The van der Waals surface area contributed by atoms with E-state index < -0.39 is 0 Å². The van der Waals surface area contributed by atoms with Crippen LogP contribution in [-0.2, 0) is 20.7 Å². The summed E-state index contributed by atoms with van der Waals surface area (Å²) in [4.78, 5) is 29.4. The van der Waals surface area contributed by atoms with Crippen molar-refractivity contribution in [1.29, 1.82) is 0 Å². The summed E-state index contributed by atoms with van der Waals surface area (Å²) in [6.07, 6.45) is 1.74. The first-order valence-corrected chi connectivity index (χ1v) is 10.5. The standard InChI is InChI=1S/C24H27FN2O3/c1-26-11-12-27(24(29)22-10-5-13-30-22)16-19(23(26)28)14-17-6-2-3-9-21(17)18-7-4-8-20(25)15-18/h2-4,6-9,15,19,22H,5,10-14,16H2,1H3/t19-,22-/m1/s1. The Hall–Kier alpha value is -2.73. The van der Waals surface area contributed by atoms with Gasteiger partial charge in [-0.05, 0) is 48.1 Å². The van der Waals surface area contributed by atoms with Crippen LogP contribution in [-0.4, -0.2) is 61.0 Å². The van der Waals surface area contributed by atoms with Crippen molar-refractivity contribution in [3.05, 3.63) is 59.9 Å². The lowest BCUT2D eigenvalue weighted by molar-refractivity contribution is -0.141. The van der Waals surface area contributed by atoms with E-state index >= 15 is 0 Å². The van der Waals surface area contributed by atoms with Crippen molar-refractivity contribution in [1.82, 2.24) is 9.80 Å². The Kier molecular flexibility index (Phi) is 6.13. The van der Waals surface area contributed by atoms with Gasteiger partial charge in [0.1, 0.15) is 11.9 Å². The van der Waals surface area contributed by atoms with Gasteiger partial charge in [-0.25, -0.2) is 4.39 Å². The van der Waals surface area contributed by atoms with E-state index in [2.05, 4.69) is 0 Å². The molecule has 2 heterocycles. The zero-order chi connectivity index (χ0) is 21.1. The first-order chi connectivity index (χ1) is 14.5. The highest BCUT2D eigenvalue weighted by Crippen LogP contribution is 2.28. The maximum absolute atomic E-state index is 13.8. The molecule has 2 atom stereocenters. The Balaban J connectivity index is 1.59. The van der Waals surface area contributed by atoms with Gasteiger partial charge in [0.25, 0.3) is 5.91 Å². The predicted octanol–water partition coefficient (Wildman–Crippen LogP) is 3.13. The molecular formula is C24H27FN2O3. The van der Waals surface area contributed by atoms with Gasteiger partial charge in [0.15, 0.2) is 0 Å². The van der Waals surface area contributed by atoms with Gasteiger partial charge < -0.3 is 14.5 Å². The zero-order valence-corrected chi connectivity index (χ0v) is 17.2. The minimum Gasteiger partial charge on any atom is -0.368 e. The van der Waals surface area contributed by atoms with E-state index in [0.717, 1.165) is 29.5 Å². The van der Waals surface area contributed by atoms with Crippen LogP contribution in [0.3, 0.4) is 0 Å². The molecule has 2 aliphatic rings. The van der Waals surface area contributed by atoms with Crippen molar-refractivity contribution < 1.29 is 18.7 Å². The quantitative estimate of drug-likeness (QED) is 0.778. The van der Waals surface area contributed by atoms with E-state index in [4.69, 9.17) is 4.74 Å². The lowest BCUT2D eigenvalue weighted by atomic mass is 9.91. The summed E-state index contributed by atoms with van der Waals surface area (Å²) in [7, 11) is 1.79. The smallest absolute Gasteiger partial charge is 0.251 e. The molecule has 158 valence electrons. The lowest BCUT2D eigenvalue weighted by Crippen LogP contribution is -2.42. The fraction of sp³-hybridized carbons (Fsp3) is 0.417. The van der Waals surface area contributed by atoms with E-state index in [1.165, 1.54) is 12.1 Å². The molecule has 0 bridgehead atoms. The number of hydrogen-bond acceptors (Lipinski definition) is 3. The Morgan fingerprint density at radius 1 is 1.17 bits per heavy atom. The molecule has 0 aromatic heterocycles. The normalized spacial score (nSPS) is 22.3. The number of halogens is 1. The first kappa shape index (κ1) is 20.5. The van der Waals surface area contributed by atoms with Gasteiger partial charge in [-0.3, -0.25) is 9.59 Å². The molecule has 2 aromatic rings. The molecule has 6 heteroatoms. The molecule has 2 aromatic carbocycles. The molecule has 0 N–H and O–H groups in total. The third-order valence-electron chi connectivity index (χ3n) is 6.01. The molecule has 2 fully saturated rings. The molecule has 0 saturated carbocycles. The van der Waals surface area contributed by atoms with Gasteiger partial charge in [-0.2, -0.15) is 0 Å². The van der Waals surface area contributed by atoms with Crippen LogP contribution in [0.1, 0.15) is 18.4 Å². The summed E-state index contributed by atoms with van der Waals surface area (Å²) < 4.78 is 19.4. The molecule has 5 nitrogen and oxygen atoms in total. The van der Waals surface area contributed by atoms with Gasteiger partial charge in [0.2, 0.25) is 5.91 Å². The van der Waals surface area contributed by atoms with E-state index in [9.17, 15) is 14.0 Å². The Morgan fingerprint density at radius 2 is 2.00 bits per heavy atom. The largest absolute Gasteiger partial charge is 0.368 e. The number of benzene rings is 2. The van der Waals surface area contributed by atoms with E-state index in [0.29, 0.717) is 32.7 Å². The summed E-state index contributed by atoms with van der Waals surface area (Å²) in [6.45, 7) is 2.02. The Labute approximate surface area is 176 Å². The zero-order valence-electron chi connectivity index (χ0n) is 17.2. The summed E-state index contributed by atoms with van der Waals surface area (Å²) in [5, 5.41) is 0. The van der Waals surface area contributed by atoms with Gasteiger partial charge in [0.05, 0.1) is 5.92 Å². The highest BCUT2D eigenvalue weighted by Gasteiger charge is 2.35. The minimum absolute atomic E-state index is 0.0148. The van der Waals surface area contributed by atoms with Crippen molar-refractivity contribution in [2.45, 2.75) is 25.4 Å². The van der Waals surface area contributed by atoms with Gasteiger partial charge in [0, 0.05) is 33.3 Å². The highest BCUT2D eigenvalue weighted by molar-refractivity contribution is 5.84. The fourth-order valence-corrected chi connectivity index (χ4v) is 4.36. The van der Waals surface area contributed by atoms with Crippen molar-refractivity contribution in [3.8, 4) is 11.1 Å². The van der Waals surface area contributed by atoms with Crippen LogP contribution in [0.5, 0.6) is 0 Å². The number of hydrogen-bond donors (Lipinski definition) is 0. The maximum Gasteiger partial charge on any atom is 0.251 e.